The molecule has 1 heterocycles. The van der Waals surface area contributed by atoms with Crippen molar-refractivity contribution >= 4 is 28.5 Å². The molecular formula is C19H15ClO6. The first-order chi connectivity index (χ1) is 12.4. The van der Waals surface area contributed by atoms with Crippen LogP contribution in [0.1, 0.15) is 23.5 Å². The zero-order valence-electron chi connectivity index (χ0n) is 13.7. The van der Waals surface area contributed by atoms with E-state index in [1.807, 2.05) is 0 Å². The topological polar surface area (TPSA) is 97.0 Å². The second kappa shape index (κ2) is 7.09. The molecular weight excluding hydrogens is 360 g/mol. The lowest BCUT2D eigenvalue weighted by molar-refractivity contribution is -0.140. The van der Waals surface area contributed by atoms with Crippen LogP contribution in [0.2, 0.25) is 5.02 Å². The van der Waals surface area contributed by atoms with Crippen molar-refractivity contribution in [3.63, 3.8) is 0 Å². The third-order valence-corrected chi connectivity index (χ3v) is 4.44. The number of phenols is 1. The van der Waals surface area contributed by atoms with E-state index in [-0.39, 0.29) is 34.1 Å². The Labute approximate surface area is 153 Å². The van der Waals surface area contributed by atoms with Crippen LogP contribution in [0.4, 0.5) is 0 Å². The van der Waals surface area contributed by atoms with E-state index in [1.165, 1.54) is 25.3 Å². The number of ether oxygens (including phenoxy) is 1. The van der Waals surface area contributed by atoms with Crippen LogP contribution in [0.15, 0.2) is 51.7 Å². The van der Waals surface area contributed by atoms with Crippen LogP contribution in [0, 0.1) is 0 Å². The largest absolute Gasteiger partial charge is 0.507 e. The molecule has 0 bridgehead atoms. The van der Waals surface area contributed by atoms with E-state index in [4.69, 9.17) is 20.8 Å². The number of halogens is 1. The second-order valence-corrected chi connectivity index (χ2v) is 6.10. The normalized spacial score (nSPS) is 12.1. The van der Waals surface area contributed by atoms with Gasteiger partial charge in [0.05, 0.1) is 29.5 Å². The Balaban J connectivity index is 2.24. The lowest BCUT2D eigenvalue weighted by atomic mass is 9.88. The number of benzene rings is 2. The zero-order chi connectivity index (χ0) is 18.8. The average molecular weight is 375 g/mol. The van der Waals surface area contributed by atoms with Crippen LogP contribution in [-0.4, -0.2) is 23.3 Å². The Morgan fingerprint density at radius 1 is 1.23 bits per heavy atom. The molecule has 1 unspecified atom stereocenters. The van der Waals surface area contributed by atoms with Crippen LogP contribution in [0.5, 0.6) is 11.5 Å². The molecule has 3 rings (SSSR count). The van der Waals surface area contributed by atoms with Gasteiger partial charge in [0, 0.05) is 5.92 Å². The Morgan fingerprint density at radius 2 is 1.96 bits per heavy atom. The lowest BCUT2D eigenvalue weighted by Gasteiger charge is -2.18. The SMILES string of the molecule is COC(=O)CC(c1ccc(O)c(Cl)c1)c1c(O)c2ccccc2oc1=O. The average Bonchev–Trinajstić information content (AvgIpc) is 2.63. The molecule has 2 N–H and O–H groups in total. The molecule has 1 aromatic heterocycles. The summed E-state index contributed by atoms with van der Waals surface area (Å²) in [5.74, 6) is -1.84. The predicted molar refractivity (Wildman–Crippen MR) is 95.7 cm³/mol. The van der Waals surface area contributed by atoms with Crippen molar-refractivity contribution in [3.8, 4) is 11.5 Å². The summed E-state index contributed by atoms with van der Waals surface area (Å²) in [6, 6.07) is 10.8. The standard InChI is InChI=1S/C19H15ClO6/c1-25-16(22)9-12(10-6-7-14(21)13(20)8-10)17-18(23)11-4-2-3-5-15(11)26-19(17)24/h2-8,12,21,23H,9H2,1H3. The van der Waals surface area contributed by atoms with Crippen molar-refractivity contribution in [2.24, 2.45) is 0 Å². The van der Waals surface area contributed by atoms with Crippen molar-refractivity contribution in [3.05, 3.63) is 69.0 Å². The molecule has 0 saturated heterocycles. The van der Waals surface area contributed by atoms with Gasteiger partial charge in [-0.05, 0) is 29.8 Å². The van der Waals surface area contributed by atoms with Gasteiger partial charge in [-0.25, -0.2) is 4.79 Å². The fourth-order valence-electron chi connectivity index (χ4n) is 2.83. The maximum absolute atomic E-state index is 12.5. The smallest absolute Gasteiger partial charge is 0.343 e. The quantitative estimate of drug-likeness (QED) is 0.535. The van der Waals surface area contributed by atoms with Gasteiger partial charge in [0.25, 0.3) is 0 Å². The Hall–Kier alpha value is -2.99. The minimum Gasteiger partial charge on any atom is -0.507 e. The third-order valence-electron chi connectivity index (χ3n) is 4.14. The first-order valence-corrected chi connectivity index (χ1v) is 8.10. The molecule has 7 heteroatoms. The molecule has 3 aromatic rings. The Bertz CT molecular complexity index is 1040. The number of aromatic hydroxyl groups is 2. The van der Waals surface area contributed by atoms with Crippen molar-refractivity contribution < 1.29 is 24.2 Å². The summed E-state index contributed by atoms with van der Waals surface area (Å²) in [6.45, 7) is 0. The first kappa shape index (κ1) is 17.8. The summed E-state index contributed by atoms with van der Waals surface area (Å²) in [5, 5.41) is 20.7. The van der Waals surface area contributed by atoms with E-state index in [9.17, 15) is 19.8 Å². The molecule has 0 aliphatic carbocycles. The highest BCUT2D eigenvalue weighted by Crippen LogP contribution is 2.38. The van der Waals surface area contributed by atoms with Gasteiger partial charge in [-0.15, -0.1) is 0 Å². The van der Waals surface area contributed by atoms with Gasteiger partial charge in [-0.1, -0.05) is 29.8 Å². The summed E-state index contributed by atoms with van der Waals surface area (Å²) in [7, 11) is 1.23. The minimum atomic E-state index is -0.860. The number of phenolic OH excluding ortho intramolecular Hbond substituents is 1. The van der Waals surface area contributed by atoms with Gasteiger partial charge in [-0.3, -0.25) is 4.79 Å². The van der Waals surface area contributed by atoms with Gasteiger partial charge in [0.1, 0.15) is 17.1 Å². The number of carbonyl (C=O) groups excluding carboxylic acids is 1. The molecule has 0 amide bonds. The highest BCUT2D eigenvalue weighted by molar-refractivity contribution is 6.32. The second-order valence-electron chi connectivity index (χ2n) is 5.69. The number of para-hydroxylation sites is 1. The van der Waals surface area contributed by atoms with Crippen molar-refractivity contribution in [2.75, 3.05) is 7.11 Å². The Kier molecular flexibility index (Phi) is 4.86. The lowest BCUT2D eigenvalue weighted by Crippen LogP contribution is -2.18. The van der Waals surface area contributed by atoms with Crippen LogP contribution in [-0.2, 0) is 9.53 Å². The van der Waals surface area contributed by atoms with Gasteiger partial charge in [0.15, 0.2) is 0 Å². The molecule has 0 fully saturated rings. The van der Waals surface area contributed by atoms with E-state index < -0.39 is 17.5 Å². The molecule has 0 radical (unpaired) electrons. The number of fused-ring (bicyclic) bond motifs is 1. The third kappa shape index (κ3) is 3.23. The summed E-state index contributed by atoms with van der Waals surface area (Å²) in [4.78, 5) is 24.4. The first-order valence-electron chi connectivity index (χ1n) is 7.72. The molecule has 26 heavy (non-hydrogen) atoms. The number of hydrogen-bond acceptors (Lipinski definition) is 6. The van der Waals surface area contributed by atoms with Crippen molar-refractivity contribution in [1.82, 2.24) is 0 Å². The zero-order valence-corrected chi connectivity index (χ0v) is 14.5. The van der Waals surface area contributed by atoms with Crippen LogP contribution in [0.25, 0.3) is 11.0 Å². The van der Waals surface area contributed by atoms with E-state index in [1.54, 1.807) is 24.3 Å². The highest BCUT2D eigenvalue weighted by atomic mass is 35.5. The molecule has 6 nitrogen and oxygen atoms in total. The number of methoxy groups -OCH3 is 1. The molecule has 0 aliphatic rings. The summed E-state index contributed by atoms with van der Waals surface area (Å²) in [6.07, 6.45) is -0.214. The number of carbonyl (C=O) groups is 1. The maximum atomic E-state index is 12.5. The van der Waals surface area contributed by atoms with Gasteiger partial charge in [0.2, 0.25) is 0 Å². The summed E-state index contributed by atoms with van der Waals surface area (Å²) >= 11 is 5.96. The fourth-order valence-corrected chi connectivity index (χ4v) is 3.02. The minimum absolute atomic E-state index is 0.0574. The van der Waals surface area contributed by atoms with Gasteiger partial charge in [-0.2, -0.15) is 0 Å². The molecule has 0 spiro atoms. The molecule has 0 aliphatic heterocycles. The van der Waals surface area contributed by atoms with E-state index in [0.717, 1.165) is 0 Å². The summed E-state index contributed by atoms with van der Waals surface area (Å²) < 4.78 is 10.0. The van der Waals surface area contributed by atoms with Crippen LogP contribution < -0.4 is 5.63 Å². The predicted octanol–water partition coefficient (Wildman–Crippen LogP) is 3.55. The molecule has 1 atom stereocenters. The van der Waals surface area contributed by atoms with Crippen LogP contribution in [0.3, 0.4) is 0 Å². The highest BCUT2D eigenvalue weighted by Gasteiger charge is 2.27. The summed E-state index contributed by atoms with van der Waals surface area (Å²) in [5.41, 5.74) is -0.148. The monoisotopic (exact) mass is 374 g/mol. The van der Waals surface area contributed by atoms with Gasteiger partial charge < -0.3 is 19.4 Å². The number of rotatable bonds is 4. The van der Waals surface area contributed by atoms with E-state index in [2.05, 4.69) is 0 Å². The molecule has 0 saturated carbocycles. The van der Waals surface area contributed by atoms with E-state index in [0.29, 0.717) is 10.9 Å². The maximum Gasteiger partial charge on any atom is 0.343 e. The molecule has 2 aromatic carbocycles. The molecule has 134 valence electrons. The Morgan fingerprint density at radius 3 is 2.65 bits per heavy atom. The van der Waals surface area contributed by atoms with Crippen LogP contribution >= 0.6 is 11.6 Å². The van der Waals surface area contributed by atoms with Gasteiger partial charge >= 0.3 is 11.6 Å². The number of esters is 1. The van der Waals surface area contributed by atoms with Crippen molar-refractivity contribution in [1.29, 1.82) is 0 Å². The number of hydrogen-bond donors (Lipinski definition) is 2. The van der Waals surface area contributed by atoms with E-state index >= 15 is 0 Å². The fraction of sp³-hybridized carbons (Fsp3) is 0.158. The van der Waals surface area contributed by atoms with Crippen molar-refractivity contribution in [2.45, 2.75) is 12.3 Å².